The molecule has 112 valence electrons. The monoisotopic (exact) mass is 285 g/mol. The fourth-order valence-corrected chi connectivity index (χ4v) is 1.54. The minimum absolute atomic E-state index is 0.0362. The smallest absolute Gasteiger partial charge is 0.329 e. The van der Waals surface area contributed by atoms with Gasteiger partial charge in [-0.15, -0.1) is 0 Å². The first kappa shape index (κ1) is 16.1. The van der Waals surface area contributed by atoms with E-state index in [1.165, 1.54) is 0 Å². The average Bonchev–Trinajstić information content (AvgIpc) is 2.45. The molecule has 0 fully saturated rings. The largest absolute Gasteiger partial charge is 0.394 e. The first-order chi connectivity index (χ1) is 9.51. The van der Waals surface area contributed by atoms with Gasteiger partial charge in [0, 0.05) is 6.54 Å². The molecule has 0 aromatic carbocycles. The van der Waals surface area contributed by atoms with E-state index < -0.39 is 10.5 Å². The Morgan fingerprint density at radius 3 is 2.50 bits per heavy atom. The number of nitro groups is 1. The maximum absolute atomic E-state index is 11.0. The molecule has 0 aliphatic carbocycles. The van der Waals surface area contributed by atoms with E-state index in [1.807, 2.05) is 6.92 Å². The maximum atomic E-state index is 11.0. The van der Waals surface area contributed by atoms with E-state index in [1.54, 1.807) is 6.92 Å². The lowest BCUT2D eigenvalue weighted by molar-refractivity contribution is -0.384. The van der Waals surface area contributed by atoms with Gasteiger partial charge in [-0.05, 0) is 13.3 Å². The Morgan fingerprint density at radius 1 is 1.40 bits per heavy atom. The van der Waals surface area contributed by atoms with Crippen molar-refractivity contribution in [2.24, 2.45) is 0 Å². The second kappa shape index (κ2) is 6.96. The molecular formula is C11H19N5O4. The van der Waals surface area contributed by atoms with Gasteiger partial charge in [-0.3, -0.25) is 10.1 Å². The summed E-state index contributed by atoms with van der Waals surface area (Å²) >= 11 is 0. The Balaban J connectivity index is 3.18. The van der Waals surface area contributed by atoms with Crippen LogP contribution in [-0.2, 0) is 0 Å². The summed E-state index contributed by atoms with van der Waals surface area (Å²) in [5, 5.41) is 35.4. The molecule has 0 atom stereocenters. The van der Waals surface area contributed by atoms with Crippen molar-refractivity contribution in [3.05, 3.63) is 16.3 Å². The summed E-state index contributed by atoms with van der Waals surface area (Å²) in [4.78, 5) is 18.2. The lowest BCUT2D eigenvalue weighted by Gasteiger charge is -2.30. The van der Waals surface area contributed by atoms with Gasteiger partial charge < -0.3 is 20.8 Å². The van der Waals surface area contributed by atoms with Gasteiger partial charge in [-0.1, -0.05) is 6.92 Å². The summed E-state index contributed by atoms with van der Waals surface area (Å²) in [5.41, 5.74) is -1.38. The molecule has 1 aromatic rings. The van der Waals surface area contributed by atoms with E-state index in [-0.39, 0.29) is 30.7 Å². The van der Waals surface area contributed by atoms with E-state index in [9.17, 15) is 20.3 Å². The Bertz CT molecular complexity index is 456. The zero-order valence-electron chi connectivity index (χ0n) is 11.5. The van der Waals surface area contributed by atoms with E-state index in [0.29, 0.717) is 13.0 Å². The Morgan fingerprint density at radius 2 is 2.05 bits per heavy atom. The minimum atomic E-state index is -1.07. The first-order valence-electron chi connectivity index (χ1n) is 6.27. The molecule has 0 aliphatic heterocycles. The normalized spacial score (nSPS) is 11.2. The number of aliphatic hydroxyl groups is 2. The summed E-state index contributed by atoms with van der Waals surface area (Å²) in [6.45, 7) is 3.40. The molecule has 0 amide bonds. The zero-order valence-corrected chi connectivity index (χ0v) is 11.5. The minimum Gasteiger partial charge on any atom is -0.394 e. The van der Waals surface area contributed by atoms with Crippen LogP contribution in [-0.4, -0.2) is 50.4 Å². The predicted molar refractivity (Wildman–Crippen MR) is 73.7 cm³/mol. The predicted octanol–water partition coefficient (Wildman–Crippen LogP) is 0.362. The Hall–Kier alpha value is -2.00. The first-order valence-corrected chi connectivity index (χ1v) is 6.27. The summed E-state index contributed by atoms with van der Waals surface area (Å²) in [6, 6.07) is 0. The molecule has 9 heteroatoms. The Kier molecular flexibility index (Phi) is 5.59. The second-order valence-corrected chi connectivity index (χ2v) is 4.29. The number of rotatable bonds is 8. The highest BCUT2D eigenvalue weighted by Gasteiger charge is 2.30. The zero-order chi connectivity index (χ0) is 15.2. The molecule has 0 spiro atoms. The maximum Gasteiger partial charge on any atom is 0.329 e. The third kappa shape index (κ3) is 3.52. The lowest BCUT2D eigenvalue weighted by Crippen LogP contribution is -2.45. The number of aliphatic hydroxyl groups excluding tert-OH is 2. The van der Waals surface area contributed by atoms with Crippen LogP contribution in [0.5, 0.6) is 0 Å². The molecule has 0 aliphatic rings. The van der Waals surface area contributed by atoms with Crippen LogP contribution in [0.2, 0.25) is 0 Å². The summed E-state index contributed by atoms with van der Waals surface area (Å²) < 4.78 is 0. The quantitative estimate of drug-likeness (QED) is 0.397. The third-order valence-electron chi connectivity index (χ3n) is 2.97. The standard InChI is InChI=1S/C11H19N5O4/c1-3-11(6-17,7-18)15-9-8(16(19)20)5-13-10(14-9)12-4-2/h5,17-18H,3-4,6-7H2,1-2H3,(H2,12,13,14,15). The van der Waals surface area contributed by atoms with E-state index in [0.717, 1.165) is 6.20 Å². The van der Waals surface area contributed by atoms with Gasteiger partial charge in [-0.25, -0.2) is 4.98 Å². The van der Waals surface area contributed by atoms with E-state index in [4.69, 9.17) is 0 Å². The summed E-state index contributed by atoms with van der Waals surface area (Å²) in [5.74, 6) is 0.201. The van der Waals surface area contributed by atoms with Crippen molar-refractivity contribution in [1.29, 1.82) is 0 Å². The molecule has 0 saturated heterocycles. The van der Waals surface area contributed by atoms with Gasteiger partial charge in [0.05, 0.1) is 23.7 Å². The highest BCUT2D eigenvalue weighted by Crippen LogP contribution is 2.26. The topological polar surface area (TPSA) is 133 Å². The number of hydrogen-bond acceptors (Lipinski definition) is 8. The van der Waals surface area contributed by atoms with Gasteiger partial charge in [-0.2, -0.15) is 4.98 Å². The number of aromatic nitrogens is 2. The van der Waals surface area contributed by atoms with E-state index in [2.05, 4.69) is 20.6 Å². The fourth-order valence-electron chi connectivity index (χ4n) is 1.54. The van der Waals surface area contributed by atoms with Gasteiger partial charge in [0.25, 0.3) is 0 Å². The molecule has 20 heavy (non-hydrogen) atoms. The molecule has 0 radical (unpaired) electrons. The van der Waals surface area contributed by atoms with Crippen LogP contribution >= 0.6 is 0 Å². The van der Waals surface area contributed by atoms with Crippen LogP contribution < -0.4 is 10.6 Å². The molecule has 0 saturated carbocycles. The lowest BCUT2D eigenvalue weighted by atomic mass is 9.98. The van der Waals surface area contributed by atoms with Crippen molar-refractivity contribution in [3.63, 3.8) is 0 Å². The van der Waals surface area contributed by atoms with Crippen LogP contribution in [0, 0.1) is 10.1 Å². The molecule has 9 nitrogen and oxygen atoms in total. The Labute approximate surface area is 116 Å². The van der Waals surface area contributed by atoms with Crippen LogP contribution in [0.4, 0.5) is 17.5 Å². The van der Waals surface area contributed by atoms with Crippen molar-refractivity contribution in [1.82, 2.24) is 9.97 Å². The van der Waals surface area contributed by atoms with Crippen molar-refractivity contribution < 1.29 is 15.1 Å². The molecule has 1 aromatic heterocycles. The summed E-state index contributed by atoms with van der Waals surface area (Å²) in [7, 11) is 0. The second-order valence-electron chi connectivity index (χ2n) is 4.29. The van der Waals surface area contributed by atoms with Crippen molar-refractivity contribution >= 4 is 17.5 Å². The molecular weight excluding hydrogens is 266 g/mol. The van der Waals surface area contributed by atoms with Crippen LogP contribution in [0.1, 0.15) is 20.3 Å². The highest BCUT2D eigenvalue weighted by molar-refractivity contribution is 5.58. The third-order valence-corrected chi connectivity index (χ3v) is 2.97. The van der Waals surface area contributed by atoms with Crippen molar-refractivity contribution in [2.45, 2.75) is 25.8 Å². The van der Waals surface area contributed by atoms with Crippen LogP contribution in [0.25, 0.3) is 0 Å². The number of hydrogen-bond donors (Lipinski definition) is 4. The SMILES string of the molecule is CCNc1ncc([N+](=O)[O-])c(NC(CC)(CO)CO)n1. The van der Waals surface area contributed by atoms with Crippen molar-refractivity contribution in [3.8, 4) is 0 Å². The van der Waals surface area contributed by atoms with Crippen LogP contribution in [0.15, 0.2) is 6.20 Å². The highest BCUT2D eigenvalue weighted by atomic mass is 16.6. The van der Waals surface area contributed by atoms with Gasteiger partial charge >= 0.3 is 5.69 Å². The van der Waals surface area contributed by atoms with Gasteiger partial charge in [0.1, 0.15) is 6.20 Å². The number of anilines is 2. The van der Waals surface area contributed by atoms with Crippen LogP contribution in [0.3, 0.4) is 0 Å². The molecule has 1 heterocycles. The fraction of sp³-hybridized carbons (Fsp3) is 0.636. The van der Waals surface area contributed by atoms with Crippen molar-refractivity contribution in [2.75, 3.05) is 30.4 Å². The molecule has 0 unspecified atom stereocenters. The number of nitrogens with one attached hydrogen (secondary N) is 2. The molecule has 0 bridgehead atoms. The van der Waals surface area contributed by atoms with E-state index >= 15 is 0 Å². The average molecular weight is 285 g/mol. The van der Waals surface area contributed by atoms with Gasteiger partial charge in [0.2, 0.25) is 11.8 Å². The summed E-state index contributed by atoms with van der Waals surface area (Å²) in [6.07, 6.45) is 1.46. The molecule has 4 N–H and O–H groups in total. The molecule has 1 rings (SSSR count). The van der Waals surface area contributed by atoms with Gasteiger partial charge in [0.15, 0.2) is 0 Å². The number of nitrogens with zero attached hydrogens (tertiary/aromatic N) is 3.